The van der Waals surface area contributed by atoms with E-state index in [-0.39, 0.29) is 5.97 Å². The highest BCUT2D eigenvalue weighted by Gasteiger charge is 2.05. The van der Waals surface area contributed by atoms with Gasteiger partial charge in [-0.1, -0.05) is 6.08 Å². The molecule has 1 rings (SSSR count). The molecule has 1 N–H and O–H groups in total. The Balaban J connectivity index is 2.18. The molecule has 18 heavy (non-hydrogen) atoms. The predicted molar refractivity (Wildman–Crippen MR) is 79.3 cm³/mol. The molecular weight excluding hydrogens is 266 g/mol. The number of hydrogen-bond acceptors (Lipinski definition) is 5. The van der Waals surface area contributed by atoms with E-state index >= 15 is 0 Å². The molecule has 0 spiro atoms. The summed E-state index contributed by atoms with van der Waals surface area (Å²) in [6, 6.07) is 4.05. The fourth-order valence-corrected chi connectivity index (χ4v) is 2.94. The van der Waals surface area contributed by atoms with Gasteiger partial charge in [0.25, 0.3) is 0 Å². The molecule has 0 bridgehead atoms. The highest BCUT2D eigenvalue weighted by Crippen LogP contribution is 2.17. The average molecular weight is 285 g/mol. The van der Waals surface area contributed by atoms with E-state index in [1.165, 1.54) is 12.0 Å². The van der Waals surface area contributed by atoms with Crippen molar-refractivity contribution in [1.29, 1.82) is 0 Å². The molecular formula is C13H19NO2S2. The fraction of sp³-hybridized carbons (Fsp3) is 0.462. The van der Waals surface area contributed by atoms with E-state index in [0.29, 0.717) is 6.42 Å². The number of methoxy groups -OCH3 is 1. The third-order valence-electron chi connectivity index (χ3n) is 2.22. The van der Waals surface area contributed by atoms with Crippen LogP contribution in [0.25, 0.3) is 0 Å². The van der Waals surface area contributed by atoms with Crippen LogP contribution in [0.15, 0.2) is 24.8 Å². The molecule has 5 heteroatoms. The largest absolute Gasteiger partial charge is 0.469 e. The molecule has 0 radical (unpaired) electrons. The van der Waals surface area contributed by atoms with E-state index in [1.54, 1.807) is 11.3 Å². The molecule has 3 nitrogen and oxygen atoms in total. The normalized spacial score (nSPS) is 10.3. The topological polar surface area (TPSA) is 38.3 Å². The van der Waals surface area contributed by atoms with Crippen molar-refractivity contribution in [1.82, 2.24) is 5.32 Å². The monoisotopic (exact) mass is 285 g/mol. The lowest BCUT2D eigenvalue weighted by Gasteiger charge is -2.01. The van der Waals surface area contributed by atoms with Gasteiger partial charge < -0.3 is 10.1 Å². The summed E-state index contributed by atoms with van der Waals surface area (Å²) < 4.78 is 4.64. The second-order valence-electron chi connectivity index (χ2n) is 3.66. The molecule has 0 aliphatic rings. The van der Waals surface area contributed by atoms with Gasteiger partial charge in [0.05, 0.1) is 13.5 Å². The number of hydrogen-bond donors (Lipinski definition) is 1. The number of carbonyl (C=O) groups excluding carboxylic acids is 1. The molecule has 100 valence electrons. The Kier molecular flexibility index (Phi) is 7.80. The van der Waals surface area contributed by atoms with Gasteiger partial charge in [0, 0.05) is 34.3 Å². The third-order valence-corrected chi connectivity index (χ3v) is 4.27. The standard InChI is InChI=1S/C13H19NO2S2/c1-3-7-17-8-6-14-10-12-5-4-11(18-12)9-13(15)16-2/h3-5,14H,1,6-10H2,2H3. The van der Waals surface area contributed by atoms with Crippen LogP contribution in [-0.2, 0) is 22.5 Å². The number of thiophene rings is 1. The Hall–Kier alpha value is -0.780. The molecule has 0 aliphatic carbocycles. The summed E-state index contributed by atoms with van der Waals surface area (Å²) in [6.07, 6.45) is 2.29. The quantitative estimate of drug-likeness (QED) is 0.430. The molecule has 0 aliphatic heterocycles. The van der Waals surface area contributed by atoms with Gasteiger partial charge in [0.15, 0.2) is 0 Å². The van der Waals surface area contributed by atoms with E-state index in [0.717, 1.165) is 29.5 Å². The van der Waals surface area contributed by atoms with Crippen LogP contribution < -0.4 is 5.32 Å². The van der Waals surface area contributed by atoms with Gasteiger partial charge in [-0.25, -0.2) is 0 Å². The van der Waals surface area contributed by atoms with E-state index in [2.05, 4.69) is 22.7 Å². The first-order valence-electron chi connectivity index (χ1n) is 5.80. The maximum atomic E-state index is 11.1. The number of ether oxygens (including phenoxy) is 1. The Morgan fingerprint density at radius 2 is 2.33 bits per heavy atom. The third kappa shape index (κ3) is 6.23. The van der Waals surface area contributed by atoms with Crippen LogP contribution in [0, 0.1) is 0 Å². The lowest BCUT2D eigenvalue weighted by Crippen LogP contribution is -2.15. The SMILES string of the molecule is C=CCSCCNCc1ccc(CC(=O)OC)s1. The first-order valence-corrected chi connectivity index (χ1v) is 7.77. The minimum Gasteiger partial charge on any atom is -0.469 e. The van der Waals surface area contributed by atoms with Crippen molar-refractivity contribution in [3.63, 3.8) is 0 Å². The van der Waals surface area contributed by atoms with Crippen molar-refractivity contribution >= 4 is 29.1 Å². The summed E-state index contributed by atoms with van der Waals surface area (Å²) in [4.78, 5) is 13.4. The second-order valence-corrected chi connectivity index (χ2v) is 6.06. The molecule has 0 saturated heterocycles. The summed E-state index contributed by atoms with van der Waals surface area (Å²) in [5.41, 5.74) is 0. The average Bonchev–Trinajstić information content (AvgIpc) is 2.81. The lowest BCUT2D eigenvalue weighted by molar-refractivity contribution is -0.139. The number of esters is 1. The molecule has 0 saturated carbocycles. The zero-order valence-electron chi connectivity index (χ0n) is 10.6. The molecule has 0 aromatic carbocycles. The second kappa shape index (κ2) is 9.19. The number of thioether (sulfide) groups is 1. The molecule has 0 fully saturated rings. The van der Waals surface area contributed by atoms with E-state index in [4.69, 9.17) is 0 Å². The first-order chi connectivity index (χ1) is 8.76. The van der Waals surface area contributed by atoms with Crippen LogP contribution in [0.2, 0.25) is 0 Å². The first kappa shape index (κ1) is 15.3. The van der Waals surface area contributed by atoms with Crippen molar-refractivity contribution in [2.75, 3.05) is 25.2 Å². The van der Waals surface area contributed by atoms with Crippen LogP contribution in [0.3, 0.4) is 0 Å². The van der Waals surface area contributed by atoms with Crippen molar-refractivity contribution in [3.05, 3.63) is 34.5 Å². The number of rotatable bonds is 9. The highest BCUT2D eigenvalue weighted by molar-refractivity contribution is 7.99. The highest BCUT2D eigenvalue weighted by atomic mass is 32.2. The van der Waals surface area contributed by atoms with Gasteiger partial charge in [-0.05, 0) is 12.1 Å². The van der Waals surface area contributed by atoms with Gasteiger partial charge >= 0.3 is 5.97 Å². The van der Waals surface area contributed by atoms with E-state index in [1.807, 2.05) is 23.9 Å². The van der Waals surface area contributed by atoms with Gasteiger partial charge in [-0.15, -0.1) is 17.9 Å². The molecule has 0 unspecified atom stereocenters. The van der Waals surface area contributed by atoms with E-state index in [9.17, 15) is 4.79 Å². The van der Waals surface area contributed by atoms with Crippen LogP contribution in [0.1, 0.15) is 9.75 Å². The van der Waals surface area contributed by atoms with Crippen LogP contribution in [0.4, 0.5) is 0 Å². The van der Waals surface area contributed by atoms with Gasteiger partial charge in [-0.3, -0.25) is 4.79 Å². The molecule has 0 atom stereocenters. The lowest BCUT2D eigenvalue weighted by atomic mass is 10.3. The van der Waals surface area contributed by atoms with Gasteiger partial charge in [0.1, 0.15) is 0 Å². The summed E-state index contributed by atoms with van der Waals surface area (Å²) in [7, 11) is 1.42. The number of nitrogens with one attached hydrogen (secondary N) is 1. The summed E-state index contributed by atoms with van der Waals surface area (Å²) >= 11 is 3.53. The van der Waals surface area contributed by atoms with Crippen molar-refractivity contribution in [2.45, 2.75) is 13.0 Å². The van der Waals surface area contributed by atoms with Crippen LogP contribution in [0.5, 0.6) is 0 Å². The van der Waals surface area contributed by atoms with Gasteiger partial charge in [0.2, 0.25) is 0 Å². The molecule has 1 heterocycles. The van der Waals surface area contributed by atoms with Crippen molar-refractivity contribution in [2.24, 2.45) is 0 Å². The van der Waals surface area contributed by atoms with Crippen molar-refractivity contribution in [3.8, 4) is 0 Å². The Labute approximate surface area is 117 Å². The zero-order valence-corrected chi connectivity index (χ0v) is 12.2. The molecule has 1 aromatic heterocycles. The predicted octanol–water partition coefficient (Wildman–Crippen LogP) is 2.47. The zero-order chi connectivity index (χ0) is 13.2. The maximum Gasteiger partial charge on any atom is 0.310 e. The van der Waals surface area contributed by atoms with Gasteiger partial charge in [-0.2, -0.15) is 11.8 Å². The van der Waals surface area contributed by atoms with Crippen molar-refractivity contribution < 1.29 is 9.53 Å². The minimum absolute atomic E-state index is 0.183. The fourth-order valence-electron chi connectivity index (χ4n) is 1.35. The molecule has 0 amide bonds. The number of carbonyl (C=O) groups is 1. The van der Waals surface area contributed by atoms with E-state index < -0.39 is 0 Å². The summed E-state index contributed by atoms with van der Waals surface area (Å²) in [5.74, 6) is 1.91. The Bertz CT molecular complexity index is 377. The Morgan fingerprint density at radius 1 is 1.56 bits per heavy atom. The maximum absolute atomic E-state index is 11.1. The Morgan fingerprint density at radius 3 is 3.06 bits per heavy atom. The summed E-state index contributed by atoms with van der Waals surface area (Å²) in [6.45, 7) is 5.53. The van der Waals surface area contributed by atoms with Crippen LogP contribution in [-0.4, -0.2) is 31.1 Å². The minimum atomic E-state index is -0.183. The smallest absolute Gasteiger partial charge is 0.310 e. The summed E-state index contributed by atoms with van der Waals surface area (Å²) in [5, 5.41) is 3.38. The molecule has 1 aromatic rings. The van der Waals surface area contributed by atoms with Crippen LogP contribution >= 0.6 is 23.1 Å².